The monoisotopic (exact) mass is 322 g/mol. The van der Waals surface area contributed by atoms with Crippen molar-refractivity contribution in [2.75, 3.05) is 25.4 Å². The van der Waals surface area contributed by atoms with E-state index in [0.717, 1.165) is 0 Å². The summed E-state index contributed by atoms with van der Waals surface area (Å²) in [6, 6.07) is 0. The molecule has 0 aliphatic heterocycles. The Bertz CT molecular complexity index is 386. The second-order valence-electron chi connectivity index (χ2n) is 5.02. The van der Waals surface area contributed by atoms with E-state index in [1.807, 2.05) is 0 Å². The Kier molecular flexibility index (Phi) is 8.79. The van der Waals surface area contributed by atoms with E-state index in [4.69, 9.17) is 14.9 Å². The maximum atomic E-state index is 11.7. The van der Waals surface area contributed by atoms with Crippen LogP contribution in [0.2, 0.25) is 0 Å². The van der Waals surface area contributed by atoms with Crippen LogP contribution >= 0.6 is 12.6 Å². The van der Waals surface area contributed by atoms with Crippen LogP contribution in [0.15, 0.2) is 4.99 Å². The van der Waals surface area contributed by atoms with E-state index in [9.17, 15) is 14.7 Å². The highest BCUT2D eigenvalue weighted by Gasteiger charge is 2.37. The van der Waals surface area contributed by atoms with Crippen molar-refractivity contribution in [1.82, 2.24) is 5.32 Å². The highest BCUT2D eigenvalue weighted by atomic mass is 32.1. The van der Waals surface area contributed by atoms with Crippen LogP contribution in [-0.4, -0.2) is 59.7 Å². The van der Waals surface area contributed by atoms with Crippen molar-refractivity contribution in [1.29, 1.82) is 0 Å². The minimum absolute atomic E-state index is 0.0449. The second kappa shape index (κ2) is 9.46. The summed E-state index contributed by atoms with van der Waals surface area (Å²) in [6.45, 7) is 3.27. The van der Waals surface area contributed by atoms with Crippen LogP contribution in [0.3, 0.4) is 0 Å². The van der Waals surface area contributed by atoms with Crippen LogP contribution in [0.1, 0.15) is 20.3 Å². The van der Waals surface area contributed by atoms with Gasteiger partial charge in [0.2, 0.25) is 6.10 Å². The lowest BCUT2D eigenvalue weighted by Gasteiger charge is -2.30. The number of aliphatic imine (C=N–C) groups is 1. The molecule has 0 bridgehead atoms. The molecule has 1 amide bonds. The summed E-state index contributed by atoms with van der Waals surface area (Å²) in [6.07, 6.45) is -2.16. The molecule has 0 rings (SSSR count). The maximum Gasteiger partial charge on any atom is 0.305 e. The van der Waals surface area contributed by atoms with Crippen LogP contribution in [0.5, 0.6) is 0 Å². The summed E-state index contributed by atoms with van der Waals surface area (Å²) in [5, 5.41) is 29.9. The Morgan fingerprint density at radius 1 is 1.52 bits per heavy atom. The molecule has 0 aromatic heterocycles. The number of carbonyl (C=O) groups is 2. The zero-order valence-electron chi connectivity index (χ0n) is 12.1. The van der Waals surface area contributed by atoms with Crippen molar-refractivity contribution in [3.05, 3.63) is 0 Å². The first-order chi connectivity index (χ1) is 9.70. The van der Waals surface area contributed by atoms with Crippen molar-refractivity contribution < 1.29 is 29.6 Å². The van der Waals surface area contributed by atoms with Gasteiger partial charge in [0.1, 0.15) is 6.08 Å². The number of carbonyl (C=O) groups excluding carboxylic acids is 1. The summed E-state index contributed by atoms with van der Waals surface area (Å²) in [5.41, 5.74) is -0.917. The maximum absolute atomic E-state index is 11.7. The van der Waals surface area contributed by atoms with Crippen LogP contribution < -0.4 is 10.4 Å². The molecule has 0 aliphatic rings. The largest absolute Gasteiger partial charge is 0.600 e. The summed E-state index contributed by atoms with van der Waals surface area (Å²) < 4.78 is 4.89. The Labute approximate surface area is 128 Å². The summed E-state index contributed by atoms with van der Waals surface area (Å²) >= 11 is 3.90. The highest BCUT2D eigenvalue weighted by Crippen LogP contribution is 2.21. The van der Waals surface area contributed by atoms with E-state index in [0.29, 0.717) is 5.75 Å². The van der Waals surface area contributed by atoms with Gasteiger partial charge in [0.15, 0.2) is 0 Å². The minimum atomic E-state index is -1.19. The SMILES string of the molecule is CC(C)(COC([O-])=NCCS)[C@@H]([OH2+])C(=O)NCCC(=O)O. The number of carboxylic acids is 1. The first-order valence-corrected chi connectivity index (χ1v) is 6.99. The van der Waals surface area contributed by atoms with Gasteiger partial charge in [-0.25, -0.2) is 0 Å². The molecular weight excluding hydrogens is 300 g/mol. The molecule has 0 saturated carbocycles. The lowest BCUT2D eigenvalue weighted by molar-refractivity contribution is -0.254. The molecule has 9 heteroatoms. The predicted molar refractivity (Wildman–Crippen MR) is 78.6 cm³/mol. The number of thiol groups is 1. The molecule has 0 radical (unpaired) electrons. The molecule has 122 valence electrons. The first kappa shape index (κ1) is 19.5. The van der Waals surface area contributed by atoms with Crippen molar-refractivity contribution in [2.45, 2.75) is 26.4 Å². The smallest absolute Gasteiger partial charge is 0.305 e. The summed E-state index contributed by atoms with van der Waals surface area (Å²) in [4.78, 5) is 25.6. The number of rotatable bonds is 9. The molecule has 0 fully saturated rings. The van der Waals surface area contributed by atoms with Crippen molar-refractivity contribution in [3.8, 4) is 0 Å². The number of nitrogens with one attached hydrogen (secondary N) is 1. The fourth-order valence-corrected chi connectivity index (χ4v) is 1.37. The van der Waals surface area contributed by atoms with E-state index in [1.165, 1.54) is 0 Å². The third-order valence-electron chi connectivity index (χ3n) is 2.59. The topological polar surface area (TPSA) is 134 Å². The van der Waals surface area contributed by atoms with Crippen molar-refractivity contribution in [2.24, 2.45) is 10.4 Å². The molecule has 21 heavy (non-hydrogen) atoms. The van der Waals surface area contributed by atoms with E-state index < -0.39 is 29.5 Å². The molecule has 0 aromatic rings. The van der Waals surface area contributed by atoms with Gasteiger partial charge < -0.3 is 25.4 Å². The van der Waals surface area contributed by atoms with Gasteiger partial charge in [0.25, 0.3) is 5.91 Å². The molecule has 0 heterocycles. The standard InChI is InChI=1S/C12H22N2O6S/c1-12(2,7-20-11(19)14-5-6-21)9(17)10(18)13-4-3-8(15)16/h9,17,21H,3-7H2,1-2H3,(H,13,18)(H,14,19)(H,15,16)/t9-/m0/s1. The number of nitrogens with zero attached hydrogens (tertiary/aromatic N) is 1. The predicted octanol–water partition coefficient (Wildman–Crippen LogP) is -1.64. The number of ether oxygens (including phenoxy) is 1. The Morgan fingerprint density at radius 2 is 2.14 bits per heavy atom. The number of amides is 1. The lowest BCUT2D eigenvalue weighted by Crippen LogP contribution is -2.47. The Hall–Kier alpha value is -1.48. The first-order valence-electron chi connectivity index (χ1n) is 6.36. The summed E-state index contributed by atoms with van der Waals surface area (Å²) in [5.74, 6) is -1.22. The molecule has 0 aromatic carbocycles. The number of hydrogen-bond acceptors (Lipinski definition) is 6. The van der Waals surface area contributed by atoms with Crippen LogP contribution in [-0.2, 0) is 14.3 Å². The van der Waals surface area contributed by atoms with Gasteiger partial charge >= 0.3 is 5.97 Å². The average Bonchev–Trinajstić information content (AvgIpc) is 2.41. The van der Waals surface area contributed by atoms with Gasteiger partial charge in [0, 0.05) is 25.4 Å². The van der Waals surface area contributed by atoms with Crippen molar-refractivity contribution in [3.63, 3.8) is 0 Å². The number of aliphatic carboxylic acids is 1. The fourth-order valence-electron chi connectivity index (χ4n) is 1.27. The zero-order valence-corrected chi connectivity index (χ0v) is 13.0. The van der Waals surface area contributed by atoms with Crippen LogP contribution in [0.25, 0.3) is 0 Å². The average molecular weight is 322 g/mol. The second-order valence-corrected chi connectivity index (χ2v) is 5.46. The fraction of sp³-hybridized carbons (Fsp3) is 0.750. The van der Waals surface area contributed by atoms with Gasteiger partial charge in [-0.3, -0.25) is 14.6 Å². The van der Waals surface area contributed by atoms with Gasteiger partial charge in [-0.1, -0.05) is 13.8 Å². The third-order valence-corrected chi connectivity index (χ3v) is 2.79. The Morgan fingerprint density at radius 3 is 2.67 bits per heavy atom. The molecule has 0 aliphatic carbocycles. The molecular formula is C12H22N2O6S. The van der Waals surface area contributed by atoms with E-state index in [2.05, 4.69) is 22.9 Å². The zero-order chi connectivity index (χ0) is 16.5. The van der Waals surface area contributed by atoms with E-state index in [-0.39, 0.29) is 26.1 Å². The van der Waals surface area contributed by atoms with Gasteiger partial charge in [-0.2, -0.15) is 12.6 Å². The van der Waals surface area contributed by atoms with E-state index in [1.54, 1.807) is 13.8 Å². The normalized spacial score (nSPS) is 13.6. The minimum Gasteiger partial charge on any atom is -0.600 e. The number of hydrogen-bond donors (Lipinski definition) is 3. The number of carboxylic acid groups (broad SMARTS) is 1. The molecule has 0 unspecified atom stereocenters. The third kappa shape index (κ3) is 8.41. The van der Waals surface area contributed by atoms with Gasteiger partial charge in [-0.05, 0) is 0 Å². The highest BCUT2D eigenvalue weighted by molar-refractivity contribution is 7.80. The van der Waals surface area contributed by atoms with Gasteiger partial charge in [-0.15, -0.1) is 0 Å². The quantitative estimate of drug-likeness (QED) is 0.202. The van der Waals surface area contributed by atoms with Crippen LogP contribution in [0, 0.1) is 5.41 Å². The molecule has 0 saturated heterocycles. The van der Waals surface area contributed by atoms with Crippen LogP contribution in [0.4, 0.5) is 0 Å². The Balaban J connectivity index is 4.33. The molecule has 8 nitrogen and oxygen atoms in total. The lowest BCUT2D eigenvalue weighted by atomic mass is 9.87. The van der Waals surface area contributed by atoms with Crippen molar-refractivity contribution >= 4 is 30.6 Å². The summed E-state index contributed by atoms with van der Waals surface area (Å²) in [7, 11) is 0. The molecule has 1 atom stereocenters. The van der Waals surface area contributed by atoms with Gasteiger partial charge in [0.05, 0.1) is 11.8 Å². The molecule has 0 spiro atoms. The van der Waals surface area contributed by atoms with E-state index >= 15 is 0 Å². The molecule has 4 N–H and O–H groups in total.